The SMILES string of the molecule is CC[C@H](C)[C@H](NC(=O)[C@H](Cc1ccccc1)NC(=O)[C@H](CO)NC(=O)[C@H](C)NC(=O)[C@@H]1CCCN1C(=O)[C@H](CC(N)=O)NC(=O)[C@@H](N)Cc1cnc[nH]1)C(=O)NCC(=O)N[C@@H](CC(C)C)C(=O)N[C@@H](CCSC)C(N)=O. The fraction of sp³-hybridized carbons (Fsp3) is 0.592. The molecule has 1 aliphatic heterocycles. The Kier molecular flexibility index (Phi) is 26.3. The Balaban J connectivity index is 1.70. The smallest absolute Gasteiger partial charge is 0.246 e. The average Bonchev–Trinajstić information content (AvgIpc) is 4.09. The van der Waals surface area contributed by atoms with Gasteiger partial charge < -0.3 is 74.7 Å². The highest BCUT2D eigenvalue weighted by molar-refractivity contribution is 7.98. The second kappa shape index (κ2) is 31.7. The first-order valence-electron chi connectivity index (χ1n) is 25.1. The van der Waals surface area contributed by atoms with Crippen molar-refractivity contribution in [3.8, 4) is 0 Å². The van der Waals surface area contributed by atoms with Crippen molar-refractivity contribution in [2.75, 3.05) is 31.7 Å². The molecule has 11 amide bonds. The van der Waals surface area contributed by atoms with E-state index in [4.69, 9.17) is 17.2 Å². The molecule has 0 saturated carbocycles. The number of thioether (sulfide) groups is 1. The van der Waals surface area contributed by atoms with E-state index in [1.54, 1.807) is 44.2 Å². The van der Waals surface area contributed by atoms with E-state index in [1.165, 1.54) is 31.2 Å². The van der Waals surface area contributed by atoms with E-state index in [-0.39, 0.29) is 44.6 Å². The predicted molar refractivity (Wildman–Crippen MR) is 279 cm³/mol. The molecule has 1 aliphatic rings. The number of nitrogens with one attached hydrogen (secondary N) is 9. The molecule has 1 saturated heterocycles. The minimum Gasteiger partial charge on any atom is -0.394 e. The first-order valence-corrected chi connectivity index (χ1v) is 26.5. The van der Waals surface area contributed by atoms with E-state index in [0.29, 0.717) is 29.9 Å². The van der Waals surface area contributed by atoms with Gasteiger partial charge in [0.15, 0.2) is 0 Å². The third-order valence-electron chi connectivity index (χ3n) is 12.5. The quantitative estimate of drug-likeness (QED) is 0.0335. The number of aromatic amines is 1. The molecule has 27 heteroatoms. The molecule has 0 radical (unpaired) electrons. The van der Waals surface area contributed by atoms with Crippen LogP contribution in [0.2, 0.25) is 0 Å². The van der Waals surface area contributed by atoms with Crippen molar-refractivity contribution in [1.29, 1.82) is 0 Å². The maximum Gasteiger partial charge on any atom is 0.246 e. The van der Waals surface area contributed by atoms with E-state index in [9.17, 15) is 57.8 Å². The summed E-state index contributed by atoms with van der Waals surface area (Å²) in [7, 11) is 0. The van der Waals surface area contributed by atoms with Gasteiger partial charge >= 0.3 is 0 Å². The molecule has 2 heterocycles. The summed E-state index contributed by atoms with van der Waals surface area (Å²) >= 11 is 1.47. The van der Waals surface area contributed by atoms with Crippen LogP contribution in [-0.2, 0) is 65.6 Å². The molecule has 26 nitrogen and oxygen atoms in total. The summed E-state index contributed by atoms with van der Waals surface area (Å²) in [6.07, 6.45) is 5.42. The number of carbonyl (C=O) groups is 11. The van der Waals surface area contributed by atoms with Crippen LogP contribution < -0.4 is 59.7 Å². The summed E-state index contributed by atoms with van der Waals surface area (Å²) in [4.78, 5) is 154. The second-order valence-corrected chi connectivity index (χ2v) is 20.1. The lowest BCUT2D eigenvalue weighted by Crippen LogP contribution is -2.61. The number of aromatic nitrogens is 2. The molecule has 0 aliphatic carbocycles. The van der Waals surface area contributed by atoms with Crippen molar-refractivity contribution in [2.45, 2.75) is 140 Å². The number of aliphatic hydroxyl groups excluding tert-OH is 1. The molecule has 420 valence electrons. The Labute approximate surface area is 445 Å². The third kappa shape index (κ3) is 20.5. The van der Waals surface area contributed by atoms with Gasteiger partial charge in [-0.1, -0.05) is 64.4 Å². The highest BCUT2D eigenvalue weighted by atomic mass is 32.2. The Hall–Kier alpha value is -7.13. The van der Waals surface area contributed by atoms with E-state index in [2.05, 4.69) is 52.5 Å². The Morgan fingerprint density at radius 3 is 2.00 bits per heavy atom. The number of amides is 11. The number of benzene rings is 1. The summed E-state index contributed by atoms with van der Waals surface area (Å²) in [5, 5.41) is 30.6. The number of carbonyl (C=O) groups excluding carboxylic acids is 11. The molecule has 0 spiro atoms. The number of imidazole rings is 1. The number of rotatable bonds is 32. The number of likely N-dealkylation sites (tertiary alicyclic amines) is 1. The fourth-order valence-electron chi connectivity index (χ4n) is 8.08. The largest absolute Gasteiger partial charge is 0.394 e. The molecule has 0 bridgehead atoms. The van der Waals surface area contributed by atoms with Crippen LogP contribution in [0.5, 0.6) is 0 Å². The Morgan fingerprint density at radius 2 is 1.41 bits per heavy atom. The fourth-order valence-corrected chi connectivity index (χ4v) is 8.55. The number of nitrogens with two attached hydrogens (primary N) is 3. The first-order chi connectivity index (χ1) is 36.0. The third-order valence-corrected chi connectivity index (χ3v) is 13.2. The highest BCUT2D eigenvalue weighted by Crippen LogP contribution is 2.20. The van der Waals surface area contributed by atoms with Gasteiger partial charge in [-0.2, -0.15) is 11.8 Å². The number of hydrogen-bond donors (Lipinski definition) is 13. The Bertz CT molecular complexity index is 2310. The minimum atomic E-state index is -1.66. The van der Waals surface area contributed by atoms with Crippen LogP contribution in [0.25, 0.3) is 0 Å². The molecule has 16 N–H and O–H groups in total. The normalized spacial score (nSPS) is 16.7. The zero-order valence-corrected chi connectivity index (χ0v) is 44.7. The summed E-state index contributed by atoms with van der Waals surface area (Å²) in [5.41, 5.74) is 18.1. The molecular formula is C49H76N14O12S. The van der Waals surface area contributed by atoms with Gasteiger partial charge in [0, 0.05) is 31.3 Å². The molecule has 3 rings (SSSR count). The van der Waals surface area contributed by atoms with Gasteiger partial charge in [0.25, 0.3) is 0 Å². The van der Waals surface area contributed by atoms with Gasteiger partial charge in [0.05, 0.1) is 31.9 Å². The summed E-state index contributed by atoms with van der Waals surface area (Å²) in [6, 6.07) is -2.87. The zero-order valence-electron chi connectivity index (χ0n) is 43.9. The highest BCUT2D eigenvalue weighted by Gasteiger charge is 2.40. The van der Waals surface area contributed by atoms with Crippen molar-refractivity contribution in [3.05, 3.63) is 54.1 Å². The first kappa shape index (κ1) is 63.2. The van der Waals surface area contributed by atoms with Crippen LogP contribution in [0.4, 0.5) is 0 Å². The molecule has 1 fully saturated rings. The molecule has 2 aromatic rings. The van der Waals surface area contributed by atoms with Crippen LogP contribution >= 0.6 is 11.8 Å². The van der Waals surface area contributed by atoms with Gasteiger partial charge in [0.1, 0.15) is 48.3 Å². The number of primary amides is 2. The topological polar surface area (TPSA) is 414 Å². The maximum absolute atomic E-state index is 14.1. The molecule has 1 aromatic heterocycles. The molecule has 0 unspecified atom stereocenters. The van der Waals surface area contributed by atoms with E-state index in [1.807, 2.05) is 20.1 Å². The lowest BCUT2D eigenvalue weighted by Gasteiger charge is -2.29. The number of hydrogen-bond acceptors (Lipinski definition) is 15. The molecule has 76 heavy (non-hydrogen) atoms. The van der Waals surface area contributed by atoms with Crippen LogP contribution in [0, 0.1) is 11.8 Å². The lowest BCUT2D eigenvalue weighted by atomic mass is 9.97. The van der Waals surface area contributed by atoms with Crippen LogP contribution in [0.15, 0.2) is 42.9 Å². The van der Waals surface area contributed by atoms with Crippen molar-refractivity contribution in [1.82, 2.24) is 57.4 Å². The van der Waals surface area contributed by atoms with Crippen LogP contribution in [0.1, 0.15) is 84.4 Å². The standard InChI is InChI=1S/C49H76N14O12S/c1-7-27(4)40(48(74)54-23-39(66)57-33(18-26(2)3)44(70)58-32(41(52)67)15-17-76-6)62-45(71)34(19-29-12-9-8-10-13-29)59-46(72)36(24-64)61-42(68)28(5)56-47(73)37-14-11-16-63(37)49(75)35(21-38(51)65)60-43(69)31(50)20-30-22-53-25-55-30/h8-10,12-13,22,25-28,31-37,40,64H,7,11,14-21,23-24,50H2,1-6H3,(H2,51,65)(H2,52,67)(H,53,55)(H,54,74)(H,56,73)(H,57,66)(H,58,70)(H,59,72)(H,60,69)(H,61,68)(H,62,71)/t27-,28-,31-,32-,33-,34-,35-,36-,37-,40-/m0/s1. The Morgan fingerprint density at radius 1 is 0.776 bits per heavy atom. The van der Waals surface area contributed by atoms with Crippen molar-refractivity contribution < 1.29 is 57.8 Å². The number of nitrogens with zero attached hydrogens (tertiary/aromatic N) is 2. The zero-order chi connectivity index (χ0) is 56.6. The van der Waals surface area contributed by atoms with Gasteiger partial charge in [-0.3, -0.25) is 52.7 Å². The molecular weight excluding hydrogens is 1010 g/mol. The lowest BCUT2D eigenvalue weighted by molar-refractivity contribution is -0.143. The monoisotopic (exact) mass is 1080 g/mol. The minimum absolute atomic E-state index is 0.0397. The van der Waals surface area contributed by atoms with E-state index < -0.39 is 145 Å². The average molecular weight is 1090 g/mol. The number of H-pyrrole nitrogens is 1. The van der Waals surface area contributed by atoms with Crippen LogP contribution in [0.3, 0.4) is 0 Å². The maximum atomic E-state index is 14.1. The summed E-state index contributed by atoms with van der Waals surface area (Å²) < 4.78 is 0. The van der Waals surface area contributed by atoms with Crippen molar-refractivity contribution in [2.24, 2.45) is 29.0 Å². The van der Waals surface area contributed by atoms with Gasteiger partial charge in [-0.25, -0.2) is 4.98 Å². The molecule has 1 aromatic carbocycles. The van der Waals surface area contributed by atoms with Crippen LogP contribution in [-0.4, -0.2) is 171 Å². The van der Waals surface area contributed by atoms with Gasteiger partial charge in [-0.05, 0) is 62.0 Å². The van der Waals surface area contributed by atoms with E-state index in [0.717, 1.165) is 4.90 Å². The summed E-state index contributed by atoms with van der Waals surface area (Å²) in [5.74, 6) is -8.82. The van der Waals surface area contributed by atoms with E-state index >= 15 is 0 Å². The van der Waals surface area contributed by atoms with Gasteiger partial charge in [0.2, 0.25) is 65.0 Å². The molecule has 10 atom stereocenters. The van der Waals surface area contributed by atoms with Gasteiger partial charge in [-0.15, -0.1) is 0 Å². The second-order valence-electron chi connectivity index (χ2n) is 19.1. The predicted octanol–water partition coefficient (Wildman–Crippen LogP) is -3.76. The number of aliphatic hydroxyl groups is 1. The van der Waals surface area contributed by atoms with Crippen molar-refractivity contribution >= 4 is 76.7 Å². The summed E-state index contributed by atoms with van der Waals surface area (Å²) in [6.45, 7) is 6.95. The van der Waals surface area contributed by atoms with Crippen molar-refractivity contribution in [3.63, 3.8) is 0 Å².